The summed E-state index contributed by atoms with van der Waals surface area (Å²) in [5.41, 5.74) is 3.44. The number of aromatic amines is 1. The van der Waals surface area contributed by atoms with Crippen LogP contribution < -0.4 is 0 Å². The largest absolute Gasteiger partial charge is 0.361 e. The van der Waals surface area contributed by atoms with Gasteiger partial charge in [-0.25, -0.2) is 0 Å². The van der Waals surface area contributed by atoms with E-state index < -0.39 is 0 Å². The normalized spacial score (nSPS) is 13.2. The first-order chi connectivity index (χ1) is 16.2. The molecule has 0 aliphatic heterocycles. The zero-order valence-corrected chi connectivity index (χ0v) is 19.6. The lowest BCUT2D eigenvalue weighted by Crippen LogP contribution is -2.44. The van der Waals surface area contributed by atoms with E-state index in [4.69, 9.17) is 0 Å². The molecule has 0 bridgehead atoms. The number of rotatable bonds is 12. The number of amides is 2. The highest BCUT2D eigenvalue weighted by molar-refractivity contribution is 5.86. The Morgan fingerprint density at radius 1 is 0.970 bits per heavy atom. The minimum Gasteiger partial charge on any atom is -0.361 e. The number of carbonyl (C=O) groups is 2. The smallest absolute Gasteiger partial charge is 0.242 e. The Balaban J connectivity index is 1.46. The van der Waals surface area contributed by atoms with Crippen LogP contribution in [0.2, 0.25) is 0 Å². The number of aromatic nitrogens is 1. The second kappa shape index (κ2) is 11.2. The Morgan fingerprint density at radius 3 is 2.48 bits per heavy atom. The number of H-pyrrole nitrogens is 1. The Labute approximate surface area is 196 Å². The molecule has 2 aromatic carbocycles. The van der Waals surface area contributed by atoms with Gasteiger partial charge >= 0.3 is 0 Å². The molecule has 1 saturated carbocycles. The SMILES string of the molecule is CCCCCC(=O)N(CC(=O)N(CCc1c[nH]c2ccccc12)Cc1ccccc1)C1CC1. The van der Waals surface area contributed by atoms with Crippen molar-refractivity contribution in [2.24, 2.45) is 0 Å². The first-order valence-corrected chi connectivity index (χ1v) is 12.3. The van der Waals surface area contributed by atoms with Crippen LogP contribution in [-0.4, -0.2) is 45.7 Å². The number of para-hydroxylation sites is 1. The van der Waals surface area contributed by atoms with Gasteiger partial charge in [-0.15, -0.1) is 0 Å². The van der Waals surface area contributed by atoms with Crippen molar-refractivity contribution in [2.75, 3.05) is 13.1 Å². The lowest BCUT2D eigenvalue weighted by molar-refractivity contribution is -0.141. The standard InChI is InChI=1S/C28H35N3O2/c1-2-3-5-14-27(32)31(24-15-16-24)21-28(33)30(20-22-10-6-4-7-11-22)18-17-23-19-29-26-13-9-8-12-25(23)26/h4,6-13,19,24,29H,2-3,5,14-18,20-21H2,1H3. The Hall–Kier alpha value is -3.08. The molecule has 1 N–H and O–H groups in total. The second-order valence-corrected chi connectivity index (χ2v) is 9.12. The average molecular weight is 446 g/mol. The molecule has 3 aromatic rings. The fourth-order valence-electron chi connectivity index (χ4n) is 4.41. The maximum absolute atomic E-state index is 13.5. The van der Waals surface area contributed by atoms with Crippen molar-refractivity contribution in [3.05, 3.63) is 71.9 Å². The van der Waals surface area contributed by atoms with Crippen molar-refractivity contribution >= 4 is 22.7 Å². The van der Waals surface area contributed by atoms with Gasteiger partial charge in [-0.1, -0.05) is 68.3 Å². The van der Waals surface area contributed by atoms with Crippen LogP contribution in [0.5, 0.6) is 0 Å². The highest BCUT2D eigenvalue weighted by Crippen LogP contribution is 2.28. The first kappa shape index (κ1) is 23.1. The number of nitrogens with zero attached hydrogens (tertiary/aromatic N) is 2. The van der Waals surface area contributed by atoms with Gasteiger partial charge in [0.1, 0.15) is 6.54 Å². The Bertz CT molecular complexity index is 1060. The molecule has 33 heavy (non-hydrogen) atoms. The van der Waals surface area contributed by atoms with Gasteiger partial charge in [-0.2, -0.15) is 0 Å². The van der Waals surface area contributed by atoms with E-state index in [1.807, 2.05) is 46.3 Å². The van der Waals surface area contributed by atoms with Crippen molar-refractivity contribution in [3.8, 4) is 0 Å². The van der Waals surface area contributed by atoms with E-state index in [9.17, 15) is 9.59 Å². The van der Waals surface area contributed by atoms with E-state index >= 15 is 0 Å². The predicted molar refractivity (Wildman–Crippen MR) is 133 cm³/mol. The van der Waals surface area contributed by atoms with Crippen LogP contribution in [0.3, 0.4) is 0 Å². The number of benzene rings is 2. The summed E-state index contributed by atoms with van der Waals surface area (Å²) in [6.07, 6.45) is 8.45. The van der Waals surface area contributed by atoms with E-state index in [2.05, 4.69) is 36.2 Å². The lowest BCUT2D eigenvalue weighted by Gasteiger charge is -2.28. The van der Waals surface area contributed by atoms with E-state index in [0.717, 1.165) is 49.6 Å². The van der Waals surface area contributed by atoms with Crippen LogP contribution in [0.15, 0.2) is 60.8 Å². The summed E-state index contributed by atoms with van der Waals surface area (Å²) in [4.78, 5) is 33.4. The monoisotopic (exact) mass is 445 g/mol. The van der Waals surface area contributed by atoms with Gasteiger partial charge < -0.3 is 14.8 Å². The third-order valence-electron chi connectivity index (χ3n) is 6.50. The number of unbranched alkanes of at least 4 members (excludes halogenated alkanes) is 2. The minimum atomic E-state index is 0.0365. The first-order valence-electron chi connectivity index (χ1n) is 12.3. The Morgan fingerprint density at radius 2 is 1.73 bits per heavy atom. The number of hydrogen-bond donors (Lipinski definition) is 1. The summed E-state index contributed by atoms with van der Waals surface area (Å²) >= 11 is 0. The van der Waals surface area contributed by atoms with Crippen LogP contribution in [0.1, 0.15) is 56.6 Å². The van der Waals surface area contributed by atoms with Gasteiger partial charge in [0, 0.05) is 42.7 Å². The molecule has 5 nitrogen and oxygen atoms in total. The fourth-order valence-corrected chi connectivity index (χ4v) is 4.41. The van der Waals surface area contributed by atoms with Crippen LogP contribution in [0, 0.1) is 0 Å². The van der Waals surface area contributed by atoms with Gasteiger partial charge in [0.15, 0.2) is 0 Å². The molecular weight excluding hydrogens is 410 g/mol. The molecule has 5 heteroatoms. The summed E-state index contributed by atoms with van der Waals surface area (Å²) in [6, 6.07) is 18.6. The summed E-state index contributed by atoms with van der Waals surface area (Å²) in [5.74, 6) is 0.171. The van der Waals surface area contributed by atoms with Crippen molar-refractivity contribution in [2.45, 2.75) is 64.5 Å². The molecule has 1 fully saturated rings. The maximum Gasteiger partial charge on any atom is 0.242 e. The number of hydrogen-bond acceptors (Lipinski definition) is 2. The summed E-state index contributed by atoms with van der Waals surface area (Å²) in [6.45, 7) is 3.51. The number of nitrogens with one attached hydrogen (secondary N) is 1. The molecule has 0 saturated heterocycles. The molecule has 0 spiro atoms. The average Bonchev–Trinajstić information content (AvgIpc) is 3.60. The lowest BCUT2D eigenvalue weighted by atomic mass is 10.1. The molecule has 1 aliphatic carbocycles. The minimum absolute atomic E-state index is 0.0365. The molecule has 0 atom stereocenters. The van der Waals surface area contributed by atoms with Gasteiger partial charge in [-0.3, -0.25) is 9.59 Å². The fraction of sp³-hybridized carbons (Fsp3) is 0.429. The van der Waals surface area contributed by atoms with Crippen molar-refractivity contribution in [3.63, 3.8) is 0 Å². The number of carbonyl (C=O) groups excluding carboxylic acids is 2. The van der Waals surface area contributed by atoms with Gasteiger partial charge in [0.05, 0.1) is 0 Å². The quantitative estimate of drug-likeness (QED) is 0.384. The summed E-state index contributed by atoms with van der Waals surface area (Å²) in [5, 5.41) is 1.20. The molecule has 1 aliphatic rings. The Kier molecular flexibility index (Phi) is 7.82. The highest BCUT2D eigenvalue weighted by atomic mass is 16.2. The molecule has 4 rings (SSSR count). The molecule has 174 valence electrons. The third-order valence-corrected chi connectivity index (χ3v) is 6.50. The van der Waals surface area contributed by atoms with Crippen LogP contribution in [0.25, 0.3) is 10.9 Å². The summed E-state index contributed by atoms with van der Waals surface area (Å²) in [7, 11) is 0. The predicted octanol–water partition coefficient (Wildman–Crippen LogP) is 5.31. The van der Waals surface area contributed by atoms with Crippen molar-refractivity contribution < 1.29 is 9.59 Å². The van der Waals surface area contributed by atoms with Crippen molar-refractivity contribution in [1.29, 1.82) is 0 Å². The topological polar surface area (TPSA) is 56.4 Å². The molecule has 2 amide bonds. The van der Waals surface area contributed by atoms with Gasteiger partial charge in [0.25, 0.3) is 0 Å². The molecule has 0 unspecified atom stereocenters. The van der Waals surface area contributed by atoms with Gasteiger partial charge in [0.2, 0.25) is 11.8 Å². The number of fused-ring (bicyclic) bond motifs is 1. The summed E-state index contributed by atoms with van der Waals surface area (Å²) < 4.78 is 0. The zero-order chi connectivity index (χ0) is 23.0. The van der Waals surface area contributed by atoms with E-state index in [1.54, 1.807) is 0 Å². The van der Waals surface area contributed by atoms with Crippen LogP contribution in [-0.2, 0) is 22.6 Å². The third kappa shape index (κ3) is 6.25. The molecule has 1 aromatic heterocycles. The van der Waals surface area contributed by atoms with E-state index in [0.29, 0.717) is 19.5 Å². The van der Waals surface area contributed by atoms with Crippen LogP contribution >= 0.6 is 0 Å². The second-order valence-electron chi connectivity index (χ2n) is 9.12. The van der Waals surface area contributed by atoms with Crippen molar-refractivity contribution in [1.82, 2.24) is 14.8 Å². The maximum atomic E-state index is 13.5. The molecule has 0 radical (unpaired) electrons. The van der Waals surface area contributed by atoms with E-state index in [1.165, 1.54) is 10.9 Å². The zero-order valence-electron chi connectivity index (χ0n) is 19.6. The molecule has 1 heterocycles. The van der Waals surface area contributed by atoms with Gasteiger partial charge in [-0.05, 0) is 42.9 Å². The highest BCUT2D eigenvalue weighted by Gasteiger charge is 2.34. The van der Waals surface area contributed by atoms with E-state index in [-0.39, 0.29) is 24.4 Å². The van der Waals surface area contributed by atoms with Crippen LogP contribution in [0.4, 0.5) is 0 Å². The molecular formula is C28H35N3O2.